The SMILES string of the molecule is CC(CCc1ccco1)Nc1ncc(C#N)cc1N. The smallest absolute Gasteiger partial charge is 0.149 e. The summed E-state index contributed by atoms with van der Waals surface area (Å²) < 4.78 is 5.28. The molecule has 5 heteroatoms. The summed E-state index contributed by atoms with van der Waals surface area (Å²) in [6, 6.07) is 7.69. The van der Waals surface area contributed by atoms with Crippen molar-refractivity contribution >= 4 is 11.5 Å². The van der Waals surface area contributed by atoms with Crippen LogP contribution < -0.4 is 11.1 Å². The molecule has 1 unspecified atom stereocenters. The number of nitrogens with two attached hydrogens (primary N) is 1. The van der Waals surface area contributed by atoms with Crippen LogP contribution in [0.25, 0.3) is 0 Å². The van der Waals surface area contributed by atoms with Gasteiger partial charge in [-0.25, -0.2) is 4.98 Å². The van der Waals surface area contributed by atoms with Crippen molar-refractivity contribution in [1.82, 2.24) is 4.98 Å². The molecular formula is C14H16N4O. The summed E-state index contributed by atoms with van der Waals surface area (Å²) in [5.41, 5.74) is 6.80. The number of furan rings is 1. The Labute approximate surface area is 112 Å². The first-order valence-corrected chi connectivity index (χ1v) is 6.13. The van der Waals surface area contributed by atoms with Gasteiger partial charge in [0.25, 0.3) is 0 Å². The van der Waals surface area contributed by atoms with E-state index in [1.807, 2.05) is 18.2 Å². The van der Waals surface area contributed by atoms with Gasteiger partial charge in [0.15, 0.2) is 0 Å². The van der Waals surface area contributed by atoms with Crippen LogP contribution >= 0.6 is 0 Å². The summed E-state index contributed by atoms with van der Waals surface area (Å²) in [5, 5.41) is 12.0. The van der Waals surface area contributed by atoms with Crippen molar-refractivity contribution in [3.05, 3.63) is 42.0 Å². The summed E-state index contributed by atoms with van der Waals surface area (Å²) in [4.78, 5) is 4.15. The Morgan fingerprint density at radius 2 is 2.42 bits per heavy atom. The van der Waals surface area contributed by atoms with Crippen molar-refractivity contribution in [1.29, 1.82) is 5.26 Å². The van der Waals surface area contributed by atoms with Gasteiger partial charge in [0, 0.05) is 18.7 Å². The van der Waals surface area contributed by atoms with Gasteiger partial charge in [0.2, 0.25) is 0 Å². The van der Waals surface area contributed by atoms with E-state index in [1.54, 1.807) is 12.3 Å². The van der Waals surface area contributed by atoms with Crippen molar-refractivity contribution in [2.45, 2.75) is 25.8 Å². The van der Waals surface area contributed by atoms with Crippen LogP contribution in [0.4, 0.5) is 11.5 Å². The average Bonchev–Trinajstić information content (AvgIpc) is 2.92. The highest BCUT2D eigenvalue weighted by Crippen LogP contribution is 2.18. The first-order chi connectivity index (χ1) is 9.19. The molecule has 0 fully saturated rings. The molecule has 2 heterocycles. The topological polar surface area (TPSA) is 87.9 Å². The van der Waals surface area contributed by atoms with Crippen LogP contribution in [-0.4, -0.2) is 11.0 Å². The zero-order valence-electron chi connectivity index (χ0n) is 10.8. The number of hydrogen-bond donors (Lipinski definition) is 2. The Hall–Kier alpha value is -2.48. The third-order valence-corrected chi connectivity index (χ3v) is 2.83. The zero-order valence-corrected chi connectivity index (χ0v) is 10.8. The molecule has 0 radical (unpaired) electrons. The van der Waals surface area contributed by atoms with Gasteiger partial charge in [-0.1, -0.05) is 0 Å². The van der Waals surface area contributed by atoms with E-state index in [4.69, 9.17) is 15.4 Å². The van der Waals surface area contributed by atoms with Gasteiger partial charge in [-0.2, -0.15) is 5.26 Å². The quantitative estimate of drug-likeness (QED) is 0.858. The van der Waals surface area contributed by atoms with Gasteiger partial charge < -0.3 is 15.5 Å². The molecular weight excluding hydrogens is 240 g/mol. The molecule has 0 saturated heterocycles. The largest absolute Gasteiger partial charge is 0.469 e. The lowest BCUT2D eigenvalue weighted by Crippen LogP contribution is -2.18. The van der Waals surface area contributed by atoms with E-state index in [0.717, 1.165) is 18.6 Å². The fourth-order valence-corrected chi connectivity index (χ4v) is 1.78. The molecule has 19 heavy (non-hydrogen) atoms. The molecule has 0 aliphatic rings. The second-order valence-corrected chi connectivity index (χ2v) is 4.44. The standard InChI is InChI=1S/C14H16N4O/c1-10(4-5-12-3-2-6-19-12)18-14-13(16)7-11(8-15)9-17-14/h2-3,6-7,9-10H,4-5,16H2,1H3,(H,17,18). The van der Waals surface area contributed by atoms with Crippen LogP contribution in [0.15, 0.2) is 35.1 Å². The number of hydrogen-bond acceptors (Lipinski definition) is 5. The van der Waals surface area contributed by atoms with Gasteiger partial charge in [0.05, 0.1) is 17.5 Å². The number of nitrogens with zero attached hydrogens (tertiary/aromatic N) is 2. The second-order valence-electron chi connectivity index (χ2n) is 4.44. The van der Waals surface area contributed by atoms with E-state index in [1.165, 1.54) is 6.20 Å². The fourth-order valence-electron chi connectivity index (χ4n) is 1.78. The maximum atomic E-state index is 8.75. The molecule has 0 spiro atoms. The van der Waals surface area contributed by atoms with Crippen molar-refractivity contribution < 1.29 is 4.42 Å². The zero-order chi connectivity index (χ0) is 13.7. The summed E-state index contributed by atoms with van der Waals surface area (Å²) in [5.74, 6) is 1.58. The van der Waals surface area contributed by atoms with Crippen LogP contribution in [0.2, 0.25) is 0 Å². The number of aromatic nitrogens is 1. The third-order valence-electron chi connectivity index (χ3n) is 2.83. The Bertz CT molecular complexity index is 572. The molecule has 3 N–H and O–H groups in total. The number of anilines is 2. The molecule has 98 valence electrons. The van der Waals surface area contributed by atoms with Gasteiger partial charge in [-0.15, -0.1) is 0 Å². The molecule has 0 aromatic carbocycles. The highest BCUT2D eigenvalue weighted by Gasteiger charge is 2.08. The molecule has 0 aliphatic heterocycles. The number of nitriles is 1. The predicted octanol–water partition coefficient (Wildman–Crippen LogP) is 2.56. The van der Waals surface area contributed by atoms with Crippen molar-refractivity contribution in [3.8, 4) is 6.07 Å². The molecule has 0 saturated carbocycles. The first kappa shape index (κ1) is 13.0. The van der Waals surface area contributed by atoms with Crippen LogP contribution in [0.1, 0.15) is 24.7 Å². The highest BCUT2D eigenvalue weighted by atomic mass is 16.3. The van der Waals surface area contributed by atoms with E-state index < -0.39 is 0 Å². The lowest BCUT2D eigenvalue weighted by Gasteiger charge is -2.15. The maximum Gasteiger partial charge on any atom is 0.149 e. The average molecular weight is 256 g/mol. The number of nitrogens with one attached hydrogen (secondary N) is 1. The van der Waals surface area contributed by atoms with Crippen LogP contribution in [-0.2, 0) is 6.42 Å². The van der Waals surface area contributed by atoms with Crippen molar-refractivity contribution in [2.24, 2.45) is 0 Å². The maximum absolute atomic E-state index is 8.75. The molecule has 5 nitrogen and oxygen atoms in total. The molecule has 1 atom stereocenters. The van der Waals surface area contributed by atoms with Crippen LogP contribution in [0, 0.1) is 11.3 Å². The normalized spacial score (nSPS) is 11.8. The number of nitrogen functional groups attached to an aromatic ring is 1. The Morgan fingerprint density at radius 1 is 1.58 bits per heavy atom. The van der Waals surface area contributed by atoms with E-state index in [-0.39, 0.29) is 6.04 Å². The van der Waals surface area contributed by atoms with E-state index in [2.05, 4.69) is 17.2 Å². The van der Waals surface area contributed by atoms with Gasteiger partial charge in [0.1, 0.15) is 17.6 Å². The summed E-state index contributed by atoms with van der Waals surface area (Å²) >= 11 is 0. The molecule has 0 aliphatic carbocycles. The number of rotatable bonds is 5. The van der Waals surface area contributed by atoms with Gasteiger partial charge in [-0.05, 0) is 31.5 Å². The molecule has 2 rings (SSSR count). The highest BCUT2D eigenvalue weighted by molar-refractivity contribution is 5.63. The Kier molecular flexibility index (Phi) is 4.04. The number of aryl methyl sites for hydroxylation is 1. The Morgan fingerprint density at radius 3 is 3.05 bits per heavy atom. The summed E-state index contributed by atoms with van der Waals surface area (Å²) in [6.45, 7) is 2.06. The van der Waals surface area contributed by atoms with E-state index in [9.17, 15) is 0 Å². The molecule has 0 bridgehead atoms. The van der Waals surface area contributed by atoms with Crippen LogP contribution in [0.3, 0.4) is 0 Å². The minimum absolute atomic E-state index is 0.216. The minimum atomic E-state index is 0.216. The van der Waals surface area contributed by atoms with Crippen LogP contribution in [0.5, 0.6) is 0 Å². The first-order valence-electron chi connectivity index (χ1n) is 6.13. The Balaban J connectivity index is 1.91. The van der Waals surface area contributed by atoms with E-state index in [0.29, 0.717) is 17.1 Å². The molecule has 2 aromatic rings. The summed E-state index contributed by atoms with van der Waals surface area (Å²) in [7, 11) is 0. The summed E-state index contributed by atoms with van der Waals surface area (Å²) in [6.07, 6.45) is 4.96. The van der Waals surface area contributed by atoms with Crippen molar-refractivity contribution in [3.63, 3.8) is 0 Å². The fraction of sp³-hybridized carbons (Fsp3) is 0.286. The monoisotopic (exact) mass is 256 g/mol. The molecule has 0 amide bonds. The third kappa shape index (κ3) is 3.49. The second kappa shape index (κ2) is 5.91. The minimum Gasteiger partial charge on any atom is -0.469 e. The van der Waals surface area contributed by atoms with Gasteiger partial charge >= 0.3 is 0 Å². The van der Waals surface area contributed by atoms with E-state index >= 15 is 0 Å². The number of pyridine rings is 1. The molecule has 2 aromatic heterocycles. The van der Waals surface area contributed by atoms with Gasteiger partial charge in [-0.3, -0.25) is 0 Å². The predicted molar refractivity (Wildman–Crippen MR) is 73.5 cm³/mol. The van der Waals surface area contributed by atoms with Crippen molar-refractivity contribution in [2.75, 3.05) is 11.1 Å². The lowest BCUT2D eigenvalue weighted by atomic mass is 10.1. The lowest BCUT2D eigenvalue weighted by molar-refractivity contribution is 0.495.